The Bertz CT molecular complexity index is 669. The van der Waals surface area contributed by atoms with Crippen molar-refractivity contribution in [3.05, 3.63) is 30.9 Å². The van der Waals surface area contributed by atoms with Crippen LogP contribution in [0.15, 0.2) is 30.9 Å². The van der Waals surface area contributed by atoms with E-state index in [1.807, 2.05) is 27.7 Å². The van der Waals surface area contributed by atoms with Crippen LogP contribution in [0.1, 0.15) is 34.6 Å². The molecule has 1 saturated heterocycles. The minimum Gasteiger partial charge on any atom is -0.399 e. The first-order chi connectivity index (χ1) is 11.1. The Labute approximate surface area is 142 Å². The van der Waals surface area contributed by atoms with Crippen molar-refractivity contribution < 1.29 is 18.9 Å². The molecular formula is C17H23BN2O4. The van der Waals surface area contributed by atoms with Crippen LogP contribution in [0.2, 0.25) is 0 Å². The zero-order valence-electron chi connectivity index (χ0n) is 14.7. The van der Waals surface area contributed by atoms with E-state index in [2.05, 4.69) is 17.2 Å². The van der Waals surface area contributed by atoms with Gasteiger partial charge in [-0.25, -0.2) is 0 Å². The summed E-state index contributed by atoms with van der Waals surface area (Å²) >= 11 is 0. The van der Waals surface area contributed by atoms with Gasteiger partial charge < -0.3 is 19.9 Å². The van der Waals surface area contributed by atoms with Gasteiger partial charge in [0.05, 0.1) is 11.2 Å². The highest BCUT2D eigenvalue weighted by Crippen LogP contribution is 2.37. The van der Waals surface area contributed by atoms with Gasteiger partial charge in [0.25, 0.3) is 0 Å². The summed E-state index contributed by atoms with van der Waals surface area (Å²) in [6.07, 6.45) is 1.19. The number of hydrogen-bond acceptors (Lipinski definition) is 4. The van der Waals surface area contributed by atoms with Crippen molar-refractivity contribution in [2.24, 2.45) is 0 Å². The predicted molar refractivity (Wildman–Crippen MR) is 95.3 cm³/mol. The van der Waals surface area contributed by atoms with Gasteiger partial charge >= 0.3 is 7.12 Å². The molecule has 7 heteroatoms. The summed E-state index contributed by atoms with van der Waals surface area (Å²) in [4.78, 5) is 23.0. The topological polar surface area (TPSA) is 76.7 Å². The second kappa shape index (κ2) is 6.41. The monoisotopic (exact) mass is 330 g/mol. The van der Waals surface area contributed by atoms with Crippen LogP contribution in [-0.4, -0.2) is 30.1 Å². The van der Waals surface area contributed by atoms with Crippen LogP contribution in [0, 0.1) is 0 Å². The van der Waals surface area contributed by atoms with Crippen LogP contribution < -0.4 is 16.1 Å². The molecule has 1 aliphatic heterocycles. The molecule has 24 heavy (non-hydrogen) atoms. The summed E-state index contributed by atoms with van der Waals surface area (Å²) in [6.45, 7) is 12.7. The highest BCUT2D eigenvalue weighted by Gasteiger charge is 2.52. The highest BCUT2D eigenvalue weighted by molar-refractivity contribution is 6.64. The summed E-state index contributed by atoms with van der Waals surface area (Å²) in [5.41, 5.74) is 0.777. The average Bonchev–Trinajstić information content (AvgIpc) is 2.68. The predicted octanol–water partition coefficient (Wildman–Crippen LogP) is 2.07. The first-order valence-corrected chi connectivity index (χ1v) is 7.76. The van der Waals surface area contributed by atoms with Crippen LogP contribution in [0.4, 0.5) is 11.4 Å². The molecule has 6 nitrogen and oxygen atoms in total. The molecular weight excluding hydrogens is 307 g/mol. The van der Waals surface area contributed by atoms with E-state index < -0.39 is 18.3 Å². The zero-order valence-corrected chi connectivity index (χ0v) is 14.7. The van der Waals surface area contributed by atoms with Crippen molar-refractivity contribution in [3.63, 3.8) is 0 Å². The van der Waals surface area contributed by atoms with Gasteiger partial charge in [-0.05, 0) is 52.0 Å². The van der Waals surface area contributed by atoms with E-state index >= 15 is 0 Å². The number of carbonyl (C=O) groups excluding carboxylic acids is 2. The van der Waals surface area contributed by atoms with Crippen molar-refractivity contribution in [3.8, 4) is 0 Å². The minimum atomic E-state index is -0.655. The number of rotatable bonds is 4. The van der Waals surface area contributed by atoms with E-state index in [4.69, 9.17) is 9.31 Å². The fourth-order valence-corrected chi connectivity index (χ4v) is 2.30. The van der Waals surface area contributed by atoms with E-state index in [1.165, 1.54) is 13.0 Å². The second-order valence-electron chi connectivity index (χ2n) is 6.76. The fourth-order valence-electron chi connectivity index (χ4n) is 2.30. The molecule has 0 spiro atoms. The molecule has 0 saturated carbocycles. The summed E-state index contributed by atoms with van der Waals surface area (Å²) < 4.78 is 12.1. The Kier molecular flexibility index (Phi) is 4.87. The first-order valence-electron chi connectivity index (χ1n) is 7.76. The molecule has 1 heterocycles. The molecule has 0 aromatic heterocycles. The van der Waals surface area contributed by atoms with Crippen molar-refractivity contribution in [2.45, 2.75) is 45.8 Å². The Hall–Kier alpha value is -2.12. The third kappa shape index (κ3) is 3.68. The van der Waals surface area contributed by atoms with Gasteiger partial charge in [-0.15, -0.1) is 0 Å². The van der Waals surface area contributed by atoms with E-state index in [-0.39, 0.29) is 11.8 Å². The van der Waals surface area contributed by atoms with Crippen LogP contribution >= 0.6 is 0 Å². The van der Waals surface area contributed by atoms with Gasteiger partial charge in [0.2, 0.25) is 11.8 Å². The third-order valence-corrected chi connectivity index (χ3v) is 4.32. The second-order valence-corrected chi connectivity index (χ2v) is 6.76. The Morgan fingerprint density at radius 1 is 1.12 bits per heavy atom. The smallest absolute Gasteiger partial charge is 0.399 e. The molecule has 2 rings (SSSR count). The van der Waals surface area contributed by atoms with E-state index in [0.717, 1.165) is 0 Å². The molecule has 0 atom stereocenters. The SMILES string of the molecule is C=CC(=O)Nc1ccc(NC(C)=O)c(B2OC(C)(C)C(C)(C)O2)c1. The molecule has 0 aliphatic carbocycles. The molecule has 0 unspecified atom stereocenters. The highest BCUT2D eigenvalue weighted by atomic mass is 16.7. The van der Waals surface area contributed by atoms with Crippen LogP contribution in [0.3, 0.4) is 0 Å². The van der Waals surface area contributed by atoms with E-state index in [9.17, 15) is 9.59 Å². The summed E-state index contributed by atoms with van der Waals surface area (Å²) in [6, 6.07) is 5.14. The number of amides is 2. The molecule has 128 valence electrons. The molecule has 0 radical (unpaired) electrons. The number of carbonyl (C=O) groups is 2. The summed E-state index contributed by atoms with van der Waals surface area (Å²) in [7, 11) is -0.655. The lowest BCUT2D eigenvalue weighted by Crippen LogP contribution is -2.41. The van der Waals surface area contributed by atoms with Crippen molar-refractivity contribution in [1.82, 2.24) is 0 Å². The maximum absolute atomic E-state index is 11.5. The van der Waals surface area contributed by atoms with Gasteiger partial charge in [-0.3, -0.25) is 9.59 Å². The molecule has 1 fully saturated rings. The zero-order chi connectivity index (χ0) is 18.1. The number of nitrogens with one attached hydrogen (secondary N) is 2. The average molecular weight is 330 g/mol. The van der Waals surface area contributed by atoms with Gasteiger partial charge in [0.1, 0.15) is 0 Å². The van der Waals surface area contributed by atoms with Crippen LogP contribution in [-0.2, 0) is 18.9 Å². The standard InChI is InChI=1S/C17H23BN2O4/c1-7-15(22)20-12-8-9-14(19-11(2)21)13(10-12)18-23-16(3,4)17(5,6)24-18/h7-10H,1H2,2-6H3,(H,19,21)(H,20,22). The molecule has 2 N–H and O–H groups in total. The Morgan fingerprint density at radius 2 is 1.71 bits per heavy atom. The van der Waals surface area contributed by atoms with Gasteiger partial charge in [0.15, 0.2) is 0 Å². The molecule has 2 amide bonds. The summed E-state index contributed by atoms with van der Waals surface area (Å²) in [5, 5.41) is 5.46. The first kappa shape index (κ1) is 18.2. The number of benzene rings is 1. The summed E-state index contributed by atoms with van der Waals surface area (Å²) in [5.74, 6) is -0.516. The lowest BCUT2D eigenvalue weighted by Gasteiger charge is -2.32. The fraction of sp³-hybridized carbons (Fsp3) is 0.412. The van der Waals surface area contributed by atoms with Crippen LogP contribution in [0.25, 0.3) is 0 Å². The normalized spacial score (nSPS) is 18.1. The third-order valence-electron chi connectivity index (χ3n) is 4.32. The van der Waals surface area contributed by atoms with Crippen molar-refractivity contribution >= 4 is 35.8 Å². The number of hydrogen-bond donors (Lipinski definition) is 2. The quantitative estimate of drug-likeness (QED) is 0.654. The maximum atomic E-state index is 11.5. The number of anilines is 2. The van der Waals surface area contributed by atoms with E-state index in [1.54, 1.807) is 18.2 Å². The Morgan fingerprint density at radius 3 is 2.21 bits per heavy atom. The maximum Gasteiger partial charge on any atom is 0.497 e. The molecule has 1 aromatic carbocycles. The molecule has 1 aliphatic rings. The minimum absolute atomic E-state index is 0.198. The van der Waals surface area contributed by atoms with Crippen LogP contribution in [0.5, 0.6) is 0 Å². The van der Waals surface area contributed by atoms with Crippen molar-refractivity contribution in [1.29, 1.82) is 0 Å². The Balaban J connectivity index is 2.41. The lowest BCUT2D eigenvalue weighted by molar-refractivity contribution is -0.114. The van der Waals surface area contributed by atoms with E-state index in [0.29, 0.717) is 16.8 Å². The van der Waals surface area contributed by atoms with Crippen molar-refractivity contribution in [2.75, 3.05) is 10.6 Å². The molecule has 1 aromatic rings. The van der Waals surface area contributed by atoms with Gasteiger partial charge in [-0.1, -0.05) is 6.58 Å². The largest absolute Gasteiger partial charge is 0.497 e. The lowest BCUT2D eigenvalue weighted by atomic mass is 9.77. The van der Waals surface area contributed by atoms with Gasteiger partial charge in [-0.2, -0.15) is 0 Å². The molecule has 0 bridgehead atoms. The van der Waals surface area contributed by atoms with Gasteiger partial charge in [0, 0.05) is 23.8 Å².